The Morgan fingerprint density at radius 3 is 2.24 bits per heavy atom. The number of amides is 1. The number of nitro benzene ring substituents is 1. The molecule has 0 radical (unpaired) electrons. The van der Waals surface area contributed by atoms with Gasteiger partial charge >= 0.3 is 0 Å². The van der Waals surface area contributed by atoms with Crippen LogP contribution < -0.4 is 11.1 Å². The van der Waals surface area contributed by atoms with Crippen molar-refractivity contribution in [3.05, 3.63) is 75.8 Å². The van der Waals surface area contributed by atoms with E-state index in [-0.39, 0.29) is 12.1 Å². The van der Waals surface area contributed by atoms with Crippen molar-refractivity contribution < 1.29 is 14.5 Å². The fourth-order valence-electron chi connectivity index (χ4n) is 2.39. The van der Waals surface area contributed by atoms with E-state index in [1.807, 2.05) is 30.3 Å². The Balaban J connectivity index is 1.92. The largest absolute Gasteiger partial charge is 0.345 e. The van der Waals surface area contributed by atoms with E-state index in [1.54, 1.807) is 12.1 Å². The molecule has 0 bridgehead atoms. The molecular weight excluding hydrogens is 322 g/mol. The number of aldehydes is 1. The van der Waals surface area contributed by atoms with Gasteiger partial charge in [0.1, 0.15) is 6.29 Å². The highest BCUT2D eigenvalue weighted by atomic mass is 16.6. The van der Waals surface area contributed by atoms with Crippen LogP contribution in [0, 0.1) is 10.1 Å². The zero-order valence-corrected chi connectivity index (χ0v) is 13.5. The molecule has 0 aromatic heterocycles. The summed E-state index contributed by atoms with van der Waals surface area (Å²) >= 11 is 0. The Hall–Kier alpha value is -3.06. The van der Waals surface area contributed by atoms with Crippen LogP contribution in [0.1, 0.15) is 11.1 Å². The highest BCUT2D eigenvalue weighted by Gasteiger charge is 2.18. The Kier molecular flexibility index (Phi) is 6.36. The SMILES string of the molecule is N[C@@H](Cc1ccccc1)C(=O)N[C@H](C=O)Cc1ccc([N+](=O)[O-])cc1. The first-order chi connectivity index (χ1) is 12.0. The molecule has 1 amide bonds. The van der Waals surface area contributed by atoms with Crippen molar-refractivity contribution in [1.29, 1.82) is 0 Å². The number of nitrogens with zero attached hydrogens (tertiary/aromatic N) is 1. The van der Waals surface area contributed by atoms with Gasteiger partial charge in [-0.05, 0) is 24.0 Å². The third-order valence-corrected chi connectivity index (χ3v) is 3.73. The van der Waals surface area contributed by atoms with Crippen molar-refractivity contribution in [2.45, 2.75) is 24.9 Å². The molecule has 0 saturated heterocycles. The summed E-state index contributed by atoms with van der Waals surface area (Å²) in [6.45, 7) is 0. The molecule has 2 rings (SSSR count). The monoisotopic (exact) mass is 341 g/mol. The lowest BCUT2D eigenvalue weighted by molar-refractivity contribution is -0.384. The number of hydrogen-bond acceptors (Lipinski definition) is 5. The number of hydrogen-bond donors (Lipinski definition) is 2. The van der Waals surface area contributed by atoms with Gasteiger partial charge in [-0.2, -0.15) is 0 Å². The highest BCUT2D eigenvalue weighted by Crippen LogP contribution is 2.13. The molecule has 0 aliphatic rings. The van der Waals surface area contributed by atoms with Crippen LogP contribution in [-0.4, -0.2) is 29.2 Å². The van der Waals surface area contributed by atoms with Crippen LogP contribution in [-0.2, 0) is 22.4 Å². The van der Waals surface area contributed by atoms with Crippen LogP contribution >= 0.6 is 0 Å². The van der Waals surface area contributed by atoms with E-state index >= 15 is 0 Å². The molecule has 7 nitrogen and oxygen atoms in total. The van der Waals surface area contributed by atoms with E-state index in [1.165, 1.54) is 12.1 Å². The van der Waals surface area contributed by atoms with Gasteiger partial charge in [-0.15, -0.1) is 0 Å². The summed E-state index contributed by atoms with van der Waals surface area (Å²) in [5.41, 5.74) is 7.51. The fraction of sp³-hybridized carbons (Fsp3) is 0.222. The molecule has 3 N–H and O–H groups in total. The molecule has 130 valence electrons. The minimum Gasteiger partial charge on any atom is -0.345 e. The number of nitro groups is 1. The van der Waals surface area contributed by atoms with Crippen LogP contribution in [0.5, 0.6) is 0 Å². The molecule has 2 aromatic carbocycles. The summed E-state index contributed by atoms with van der Waals surface area (Å²) < 4.78 is 0. The van der Waals surface area contributed by atoms with E-state index in [2.05, 4.69) is 5.32 Å². The first-order valence-electron chi connectivity index (χ1n) is 7.78. The predicted octanol–water partition coefficient (Wildman–Crippen LogP) is 1.39. The Labute approximate surface area is 145 Å². The summed E-state index contributed by atoms with van der Waals surface area (Å²) in [6.07, 6.45) is 1.25. The normalized spacial score (nSPS) is 12.8. The summed E-state index contributed by atoms with van der Waals surface area (Å²) in [7, 11) is 0. The zero-order valence-electron chi connectivity index (χ0n) is 13.5. The van der Waals surface area contributed by atoms with E-state index < -0.39 is 22.9 Å². The molecule has 0 heterocycles. The average molecular weight is 341 g/mol. The minimum absolute atomic E-state index is 0.0275. The van der Waals surface area contributed by atoms with Gasteiger partial charge in [0.2, 0.25) is 5.91 Å². The van der Waals surface area contributed by atoms with Gasteiger partial charge in [0.25, 0.3) is 5.69 Å². The van der Waals surface area contributed by atoms with Crippen molar-refractivity contribution >= 4 is 17.9 Å². The second-order valence-electron chi connectivity index (χ2n) is 5.68. The van der Waals surface area contributed by atoms with Crippen molar-refractivity contribution in [1.82, 2.24) is 5.32 Å². The number of carbonyl (C=O) groups excluding carboxylic acids is 2. The molecule has 2 aromatic rings. The van der Waals surface area contributed by atoms with Crippen molar-refractivity contribution in [2.75, 3.05) is 0 Å². The molecule has 0 aliphatic heterocycles. The predicted molar refractivity (Wildman–Crippen MR) is 92.9 cm³/mol. The number of nitrogens with one attached hydrogen (secondary N) is 1. The van der Waals surface area contributed by atoms with Crippen LogP contribution in [0.4, 0.5) is 5.69 Å². The van der Waals surface area contributed by atoms with E-state index in [0.29, 0.717) is 18.3 Å². The van der Waals surface area contributed by atoms with Crippen LogP contribution in [0.25, 0.3) is 0 Å². The summed E-state index contributed by atoms with van der Waals surface area (Å²) in [5.74, 6) is -0.414. The Bertz CT molecular complexity index is 732. The summed E-state index contributed by atoms with van der Waals surface area (Å²) in [4.78, 5) is 33.5. The van der Waals surface area contributed by atoms with Gasteiger partial charge in [0.15, 0.2) is 0 Å². The first kappa shape index (κ1) is 18.3. The highest BCUT2D eigenvalue weighted by molar-refractivity contribution is 5.84. The zero-order chi connectivity index (χ0) is 18.2. The topological polar surface area (TPSA) is 115 Å². The third-order valence-electron chi connectivity index (χ3n) is 3.73. The number of carbonyl (C=O) groups is 2. The van der Waals surface area contributed by atoms with Crippen LogP contribution in [0.15, 0.2) is 54.6 Å². The number of rotatable bonds is 8. The van der Waals surface area contributed by atoms with Gasteiger partial charge in [-0.3, -0.25) is 14.9 Å². The smallest absolute Gasteiger partial charge is 0.269 e. The first-order valence-corrected chi connectivity index (χ1v) is 7.78. The quantitative estimate of drug-likeness (QED) is 0.428. The van der Waals surface area contributed by atoms with Gasteiger partial charge in [0, 0.05) is 12.1 Å². The van der Waals surface area contributed by atoms with Crippen molar-refractivity contribution in [3.63, 3.8) is 0 Å². The maximum atomic E-state index is 12.2. The second kappa shape index (κ2) is 8.70. The van der Waals surface area contributed by atoms with Gasteiger partial charge in [-0.25, -0.2) is 0 Å². The minimum atomic E-state index is -0.762. The summed E-state index contributed by atoms with van der Waals surface area (Å²) in [5, 5.41) is 13.2. The van der Waals surface area contributed by atoms with Crippen LogP contribution in [0.2, 0.25) is 0 Å². The Morgan fingerprint density at radius 2 is 1.68 bits per heavy atom. The van der Waals surface area contributed by atoms with E-state index in [4.69, 9.17) is 5.73 Å². The summed E-state index contributed by atoms with van der Waals surface area (Å²) in [6, 6.07) is 13.7. The molecule has 0 saturated carbocycles. The molecule has 0 spiro atoms. The molecule has 0 fully saturated rings. The molecule has 2 atom stereocenters. The number of benzene rings is 2. The average Bonchev–Trinajstić information content (AvgIpc) is 2.62. The van der Waals surface area contributed by atoms with Gasteiger partial charge in [0.05, 0.1) is 17.0 Å². The van der Waals surface area contributed by atoms with Gasteiger partial charge in [-0.1, -0.05) is 42.5 Å². The van der Waals surface area contributed by atoms with Crippen LogP contribution in [0.3, 0.4) is 0 Å². The molecular formula is C18H19N3O4. The van der Waals surface area contributed by atoms with E-state index in [0.717, 1.165) is 5.56 Å². The molecule has 25 heavy (non-hydrogen) atoms. The number of non-ortho nitro benzene ring substituents is 1. The second-order valence-corrected chi connectivity index (χ2v) is 5.68. The third kappa shape index (κ3) is 5.50. The standard InChI is InChI=1S/C18H19N3O4/c19-17(11-13-4-2-1-3-5-13)18(23)20-15(12-22)10-14-6-8-16(9-7-14)21(24)25/h1-9,12,15,17H,10-11,19H2,(H,20,23)/t15-,17-/m0/s1. The molecule has 7 heteroatoms. The van der Waals surface area contributed by atoms with Crippen molar-refractivity contribution in [3.8, 4) is 0 Å². The maximum Gasteiger partial charge on any atom is 0.269 e. The lowest BCUT2D eigenvalue weighted by Gasteiger charge is -2.17. The lowest BCUT2D eigenvalue weighted by atomic mass is 10.0. The molecule has 0 aliphatic carbocycles. The maximum absolute atomic E-state index is 12.2. The van der Waals surface area contributed by atoms with Gasteiger partial charge < -0.3 is 15.8 Å². The Morgan fingerprint density at radius 1 is 1.08 bits per heavy atom. The number of nitrogens with two attached hydrogens (primary N) is 1. The fourth-order valence-corrected chi connectivity index (χ4v) is 2.39. The molecule has 0 unspecified atom stereocenters. The van der Waals surface area contributed by atoms with Crippen molar-refractivity contribution in [2.24, 2.45) is 5.73 Å². The lowest BCUT2D eigenvalue weighted by Crippen LogP contribution is -2.47. The van der Waals surface area contributed by atoms with E-state index in [9.17, 15) is 19.7 Å².